The Morgan fingerprint density at radius 1 is 1.03 bits per heavy atom. The Hall–Kier alpha value is -3.40. The Labute approximate surface area is 234 Å². The molecule has 1 heterocycles. The average molecular weight is 570 g/mol. The van der Waals surface area contributed by atoms with Gasteiger partial charge in [0.15, 0.2) is 0 Å². The van der Waals surface area contributed by atoms with Crippen LogP contribution in [0.1, 0.15) is 52.0 Å². The number of esters is 1. The summed E-state index contributed by atoms with van der Waals surface area (Å²) in [6.07, 6.45) is 2.55. The first-order valence-electron chi connectivity index (χ1n) is 12.5. The molecule has 1 amide bonds. The average Bonchev–Trinajstić information content (AvgIpc) is 2.89. The fourth-order valence-electron chi connectivity index (χ4n) is 4.58. The molecule has 1 aliphatic heterocycles. The second-order valence-electron chi connectivity index (χ2n) is 10.2. The van der Waals surface area contributed by atoms with Gasteiger partial charge in [-0.1, -0.05) is 66.2 Å². The van der Waals surface area contributed by atoms with Crippen LogP contribution in [0.15, 0.2) is 66.7 Å². The third-order valence-electron chi connectivity index (χ3n) is 6.82. The second-order valence-corrected chi connectivity index (χ2v) is 12.6. The second kappa shape index (κ2) is 11.4. The summed E-state index contributed by atoms with van der Waals surface area (Å²) in [5, 5.41) is 3.05. The molecule has 2 unspecified atom stereocenters. The van der Waals surface area contributed by atoms with E-state index in [9.17, 15) is 18.0 Å². The van der Waals surface area contributed by atoms with E-state index in [2.05, 4.69) is 5.32 Å². The van der Waals surface area contributed by atoms with Gasteiger partial charge in [0.25, 0.3) is 5.91 Å². The highest BCUT2D eigenvalue weighted by Gasteiger charge is 2.31. The van der Waals surface area contributed by atoms with Crippen LogP contribution in [0.2, 0.25) is 5.02 Å². The van der Waals surface area contributed by atoms with Crippen molar-refractivity contribution in [2.24, 2.45) is 5.73 Å². The van der Waals surface area contributed by atoms with Gasteiger partial charge >= 0.3 is 5.97 Å². The van der Waals surface area contributed by atoms with Crippen LogP contribution < -0.4 is 15.4 Å². The summed E-state index contributed by atoms with van der Waals surface area (Å²) in [7, 11) is -2.36. The van der Waals surface area contributed by atoms with Gasteiger partial charge in [-0.15, -0.1) is 0 Å². The molecule has 3 aromatic carbocycles. The van der Waals surface area contributed by atoms with Crippen LogP contribution in [0.3, 0.4) is 0 Å². The highest BCUT2D eigenvalue weighted by molar-refractivity contribution is 7.92. The predicted octanol–water partition coefficient (Wildman–Crippen LogP) is 4.16. The zero-order chi connectivity index (χ0) is 28.4. The maximum Gasteiger partial charge on any atom is 0.326 e. The number of nitrogens with two attached hydrogens (primary N) is 1. The maximum atomic E-state index is 13.7. The molecule has 0 aliphatic carbocycles. The highest BCUT2D eigenvalue weighted by atomic mass is 35.5. The number of nitrogens with zero attached hydrogens (tertiary/aromatic N) is 1. The number of fused-ring (bicyclic) bond motifs is 4. The van der Waals surface area contributed by atoms with Crippen LogP contribution in [0.25, 0.3) is 0 Å². The van der Waals surface area contributed by atoms with Crippen LogP contribution in [-0.4, -0.2) is 39.1 Å². The molecule has 4 bridgehead atoms. The number of carbonyl (C=O) groups is 2. The fourth-order valence-corrected chi connectivity index (χ4v) is 5.46. The van der Waals surface area contributed by atoms with E-state index in [0.29, 0.717) is 18.4 Å². The summed E-state index contributed by atoms with van der Waals surface area (Å²) in [6, 6.07) is 20.1. The van der Waals surface area contributed by atoms with Crippen molar-refractivity contribution in [1.29, 1.82) is 0 Å². The Morgan fingerprint density at radius 3 is 2.41 bits per heavy atom. The van der Waals surface area contributed by atoms with E-state index in [4.69, 9.17) is 22.1 Å². The van der Waals surface area contributed by atoms with E-state index in [0.717, 1.165) is 27.3 Å². The van der Waals surface area contributed by atoms with Crippen LogP contribution in [0.4, 0.5) is 5.69 Å². The van der Waals surface area contributed by atoms with E-state index in [1.807, 2.05) is 54.6 Å². The molecule has 8 nitrogen and oxygen atoms in total. The summed E-state index contributed by atoms with van der Waals surface area (Å²) in [5.74, 6) is -1.10. The van der Waals surface area contributed by atoms with Crippen molar-refractivity contribution in [2.45, 2.75) is 44.4 Å². The van der Waals surface area contributed by atoms with Crippen molar-refractivity contribution in [2.75, 3.05) is 17.6 Å². The predicted molar refractivity (Wildman–Crippen MR) is 152 cm³/mol. The molecule has 0 spiro atoms. The van der Waals surface area contributed by atoms with Gasteiger partial charge in [-0.2, -0.15) is 0 Å². The number of halogens is 1. The molecule has 39 heavy (non-hydrogen) atoms. The molecule has 3 N–H and O–H groups in total. The number of aryl methyl sites for hydroxylation is 1. The molecule has 0 aromatic heterocycles. The summed E-state index contributed by atoms with van der Waals surface area (Å²) in [6.45, 7) is 1.38. The number of carbonyl (C=O) groups excluding carboxylic acids is 2. The smallest absolute Gasteiger partial charge is 0.326 e. The number of benzene rings is 3. The lowest BCUT2D eigenvalue weighted by molar-refractivity contribution is -0.150. The fraction of sp³-hybridized carbons (Fsp3) is 0.310. The van der Waals surface area contributed by atoms with Gasteiger partial charge < -0.3 is 15.8 Å². The van der Waals surface area contributed by atoms with Crippen molar-refractivity contribution >= 4 is 39.2 Å². The van der Waals surface area contributed by atoms with Crippen molar-refractivity contribution in [1.82, 2.24) is 5.32 Å². The van der Waals surface area contributed by atoms with Crippen LogP contribution >= 0.6 is 11.6 Å². The number of hydrogen-bond donors (Lipinski definition) is 2. The van der Waals surface area contributed by atoms with E-state index >= 15 is 0 Å². The minimum atomic E-state index is -3.70. The summed E-state index contributed by atoms with van der Waals surface area (Å²) < 4.78 is 31.2. The SMILES string of the molecule is CN(c1cc2cc(c1Cl)C(=O)NC(c1ccccc1)CCc1cccc(c1)CC(C)(N)C(=O)OC2)S(C)(=O)=O. The number of rotatable bonds is 3. The van der Waals surface area contributed by atoms with Crippen LogP contribution in [0, 0.1) is 0 Å². The number of cyclic esters (lactones) is 1. The molecule has 10 heteroatoms. The standard InChI is InChI=1S/C29H32ClN3O5S/c1-29(31)17-20-9-7-8-19(14-20)12-13-24(22-10-5-4-6-11-22)32-27(34)23-15-21(18-38-28(29)35)16-25(26(23)30)33(2)39(3,36)37/h4-11,14-16,24H,12-13,17-18,31H2,1-3H3,(H,32,34). The quantitative estimate of drug-likeness (QED) is 0.457. The lowest BCUT2D eigenvalue weighted by atomic mass is 9.91. The van der Waals surface area contributed by atoms with E-state index in [-0.39, 0.29) is 35.3 Å². The topological polar surface area (TPSA) is 119 Å². The van der Waals surface area contributed by atoms with Gasteiger partial charge in [0.1, 0.15) is 12.1 Å². The van der Waals surface area contributed by atoms with Crippen LogP contribution in [0.5, 0.6) is 0 Å². The molecule has 0 fully saturated rings. The third kappa shape index (κ3) is 6.79. The molecule has 4 rings (SSSR count). The van der Waals surface area contributed by atoms with Gasteiger partial charge in [-0.25, -0.2) is 8.42 Å². The lowest BCUT2D eigenvalue weighted by Gasteiger charge is -2.25. The van der Waals surface area contributed by atoms with E-state index in [1.165, 1.54) is 19.2 Å². The van der Waals surface area contributed by atoms with E-state index in [1.54, 1.807) is 6.92 Å². The largest absolute Gasteiger partial charge is 0.459 e. The van der Waals surface area contributed by atoms with Crippen molar-refractivity contribution in [3.63, 3.8) is 0 Å². The molecule has 206 valence electrons. The highest BCUT2D eigenvalue weighted by Crippen LogP contribution is 2.33. The maximum absolute atomic E-state index is 13.7. The number of sulfonamides is 1. The molecule has 1 aliphatic rings. The Bertz CT molecular complexity index is 1490. The number of nitrogens with one attached hydrogen (secondary N) is 1. The first-order valence-corrected chi connectivity index (χ1v) is 14.7. The van der Waals surface area contributed by atoms with Crippen molar-refractivity contribution < 1.29 is 22.7 Å². The Morgan fingerprint density at radius 2 is 1.72 bits per heavy atom. The molecular formula is C29H32ClN3O5S. The molecule has 0 saturated heterocycles. The zero-order valence-corrected chi connectivity index (χ0v) is 23.7. The molecular weight excluding hydrogens is 538 g/mol. The number of hydrogen-bond acceptors (Lipinski definition) is 6. The minimum Gasteiger partial charge on any atom is -0.459 e. The van der Waals surface area contributed by atoms with Crippen molar-refractivity contribution in [3.8, 4) is 0 Å². The first-order chi connectivity index (χ1) is 18.3. The van der Waals surface area contributed by atoms with Gasteiger partial charge in [0.05, 0.1) is 28.6 Å². The third-order valence-corrected chi connectivity index (χ3v) is 8.41. The molecule has 0 radical (unpaired) electrons. The van der Waals surface area contributed by atoms with Gasteiger partial charge in [0.2, 0.25) is 10.0 Å². The number of amides is 1. The molecule has 3 aromatic rings. The monoisotopic (exact) mass is 569 g/mol. The Balaban J connectivity index is 1.82. The Kier molecular flexibility index (Phi) is 8.34. The number of anilines is 1. The van der Waals surface area contributed by atoms with Gasteiger partial charge in [-0.05, 0) is 54.2 Å². The van der Waals surface area contributed by atoms with Crippen LogP contribution in [-0.2, 0) is 39.0 Å². The van der Waals surface area contributed by atoms with Crippen molar-refractivity contribution in [3.05, 3.63) is 99.6 Å². The zero-order valence-electron chi connectivity index (χ0n) is 22.1. The normalized spacial score (nSPS) is 20.6. The summed E-state index contributed by atoms with van der Waals surface area (Å²) >= 11 is 6.63. The van der Waals surface area contributed by atoms with Gasteiger partial charge in [-0.3, -0.25) is 13.9 Å². The van der Waals surface area contributed by atoms with Gasteiger partial charge in [0, 0.05) is 13.5 Å². The molecule has 2 atom stereocenters. The summed E-state index contributed by atoms with van der Waals surface area (Å²) in [5.41, 5.74) is 8.49. The number of ether oxygens (including phenoxy) is 1. The van der Waals surface area contributed by atoms with E-state index < -0.39 is 27.4 Å². The summed E-state index contributed by atoms with van der Waals surface area (Å²) in [4.78, 5) is 26.6. The minimum absolute atomic E-state index is 0.0280. The lowest BCUT2D eigenvalue weighted by Crippen LogP contribution is -2.48. The molecule has 0 saturated carbocycles. The first kappa shape index (κ1) is 28.6.